The van der Waals surface area contributed by atoms with Gasteiger partial charge in [0.25, 0.3) is 10.0 Å². The van der Waals surface area contributed by atoms with Crippen LogP contribution in [0, 0.1) is 5.41 Å². The number of carbonyl (C=O) groups excluding carboxylic acids is 1. The minimum atomic E-state index is -3.97. The Bertz CT molecular complexity index is 984. The molecule has 0 atom stereocenters. The number of amides is 1. The first-order valence-electron chi connectivity index (χ1n) is 8.34. The Kier molecular flexibility index (Phi) is 6.61. The third kappa shape index (κ3) is 5.17. The van der Waals surface area contributed by atoms with Crippen molar-refractivity contribution in [3.05, 3.63) is 40.9 Å². The molecule has 0 aliphatic heterocycles. The molecule has 0 saturated heterocycles. The number of sulfonamides is 1. The van der Waals surface area contributed by atoms with Gasteiger partial charge in [-0.05, 0) is 52.3 Å². The lowest BCUT2D eigenvalue weighted by Gasteiger charge is -2.19. The lowest BCUT2D eigenvalue weighted by molar-refractivity contribution is -0.123. The molecule has 0 fully saturated rings. The number of methoxy groups -OCH3 is 2. The maximum absolute atomic E-state index is 12.9. The number of hydrogen-bond acceptors (Lipinski definition) is 5. The Morgan fingerprint density at radius 2 is 1.54 bits per heavy atom. The number of hydrogen-bond donors (Lipinski definition) is 2. The van der Waals surface area contributed by atoms with Gasteiger partial charge in [-0.15, -0.1) is 0 Å². The van der Waals surface area contributed by atoms with Crippen LogP contribution in [0.3, 0.4) is 0 Å². The van der Waals surface area contributed by atoms with Crippen molar-refractivity contribution in [2.24, 2.45) is 5.41 Å². The van der Waals surface area contributed by atoms with Crippen molar-refractivity contribution < 1.29 is 22.7 Å². The SMILES string of the molecule is COc1ccc(NS(=O)(=O)c2cc(NC(=O)C(C)(C)C)ccc2OC)cc1Br. The molecule has 7 nitrogen and oxygen atoms in total. The normalized spacial score (nSPS) is 11.6. The van der Waals surface area contributed by atoms with Gasteiger partial charge in [0.05, 0.1) is 24.4 Å². The van der Waals surface area contributed by atoms with Gasteiger partial charge < -0.3 is 14.8 Å². The zero-order chi connectivity index (χ0) is 21.1. The number of halogens is 1. The van der Waals surface area contributed by atoms with Crippen LogP contribution in [0.5, 0.6) is 11.5 Å². The van der Waals surface area contributed by atoms with Crippen molar-refractivity contribution in [1.82, 2.24) is 0 Å². The summed E-state index contributed by atoms with van der Waals surface area (Å²) < 4.78 is 39.3. The van der Waals surface area contributed by atoms with Crippen LogP contribution in [0.2, 0.25) is 0 Å². The second-order valence-corrected chi connectivity index (χ2v) is 9.53. The van der Waals surface area contributed by atoms with E-state index in [9.17, 15) is 13.2 Å². The average molecular weight is 471 g/mol. The van der Waals surface area contributed by atoms with Gasteiger partial charge in [0.1, 0.15) is 16.4 Å². The van der Waals surface area contributed by atoms with Crippen molar-refractivity contribution >= 4 is 43.2 Å². The fourth-order valence-corrected chi connectivity index (χ4v) is 4.01. The van der Waals surface area contributed by atoms with Crippen molar-refractivity contribution in [3.63, 3.8) is 0 Å². The summed E-state index contributed by atoms with van der Waals surface area (Å²) in [5, 5.41) is 2.72. The van der Waals surface area contributed by atoms with Crippen LogP contribution < -0.4 is 19.5 Å². The molecule has 0 aliphatic rings. The molecule has 0 saturated carbocycles. The molecular weight excluding hydrogens is 448 g/mol. The number of ether oxygens (including phenoxy) is 2. The predicted octanol–water partition coefficient (Wildman–Crippen LogP) is 4.25. The summed E-state index contributed by atoms with van der Waals surface area (Å²) in [6.45, 7) is 5.31. The Hall–Kier alpha value is -2.26. The number of benzene rings is 2. The first kappa shape index (κ1) is 22.0. The Labute approximate surface area is 173 Å². The first-order valence-corrected chi connectivity index (χ1v) is 10.6. The largest absolute Gasteiger partial charge is 0.496 e. The monoisotopic (exact) mass is 470 g/mol. The first-order chi connectivity index (χ1) is 13.0. The molecule has 1 amide bonds. The van der Waals surface area contributed by atoms with E-state index in [0.29, 0.717) is 21.6 Å². The summed E-state index contributed by atoms with van der Waals surface area (Å²) in [5.74, 6) is 0.509. The smallest absolute Gasteiger partial charge is 0.265 e. The molecule has 0 unspecified atom stereocenters. The summed E-state index contributed by atoms with van der Waals surface area (Å²) in [7, 11) is -1.07. The maximum atomic E-state index is 12.9. The summed E-state index contributed by atoms with van der Waals surface area (Å²) in [6.07, 6.45) is 0. The third-order valence-corrected chi connectivity index (χ3v) is 5.82. The topological polar surface area (TPSA) is 93.7 Å². The van der Waals surface area contributed by atoms with Gasteiger partial charge in [-0.25, -0.2) is 8.42 Å². The number of carbonyl (C=O) groups is 1. The van der Waals surface area contributed by atoms with Gasteiger partial charge in [0, 0.05) is 11.1 Å². The average Bonchev–Trinajstić information content (AvgIpc) is 2.60. The zero-order valence-electron chi connectivity index (χ0n) is 16.3. The fourth-order valence-electron chi connectivity index (χ4n) is 2.22. The van der Waals surface area contributed by atoms with Crippen LogP contribution in [0.4, 0.5) is 11.4 Å². The Balaban J connectivity index is 2.39. The van der Waals surface area contributed by atoms with Crippen LogP contribution in [-0.4, -0.2) is 28.5 Å². The highest BCUT2D eigenvalue weighted by molar-refractivity contribution is 9.10. The van der Waals surface area contributed by atoms with E-state index in [4.69, 9.17) is 9.47 Å². The molecule has 2 rings (SSSR count). The van der Waals surface area contributed by atoms with Gasteiger partial charge in [-0.2, -0.15) is 0 Å². The fraction of sp³-hybridized carbons (Fsp3) is 0.316. The molecule has 0 aliphatic carbocycles. The van der Waals surface area contributed by atoms with Crippen LogP contribution in [0.25, 0.3) is 0 Å². The van der Waals surface area contributed by atoms with E-state index in [1.165, 1.54) is 26.4 Å². The van der Waals surface area contributed by atoms with Crippen molar-refractivity contribution in [2.45, 2.75) is 25.7 Å². The number of nitrogens with one attached hydrogen (secondary N) is 2. The van der Waals surface area contributed by atoms with E-state index in [-0.39, 0.29) is 16.6 Å². The quantitative estimate of drug-likeness (QED) is 0.657. The molecule has 0 spiro atoms. The second-order valence-electron chi connectivity index (χ2n) is 7.02. The highest BCUT2D eigenvalue weighted by Crippen LogP contribution is 2.32. The molecule has 9 heteroatoms. The molecule has 0 radical (unpaired) electrons. The highest BCUT2D eigenvalue weighted by atomic mass is 79.9. The van der Waals surface area contributed by atoms with Crippen molar-refractivity contribution in [2.75, 3.05) is 24.3 Å². The van der Waals surface area contributed by atoms with E-state index in [1.807, 2.05) is 0 Å². The third-order valence-electron chi connectivity index (χ3n) is 3.80. The Morgan fingerprint density at radius 3 is 2.07 bits per heavy atom. The van der Waals surface area contributed by atoms with Gasteiger partial charge in [-0.1, -0.05) is 20.8 Å². The lowest BCUT2D eigenvalue weighted by atomic mass is 9.95. The van der Waals surface area contributed by atoms with Crippen LogP contribution in [0.1, 0.15) is 20.8 Å². The van der Waals surface area contributed by atoms with Crippen molar-refractivity contribution in [1.29, 1.82) is 0 Å². The number of anilines is 2. The van der Waals surface area contributed by atoms with Crippen molar-refractivity contribution in [3.8, 4) is 11.5 Å². The summed E-state index contributed by atoms with van der Waals surface area (Å²) in [5.41, 5.74) is 0.0860. The summed E-state index contributed by atoms with van der Waals surface area (Å²) >= 11 is 3.32. The van der Waals surface area contributed by atoms with E-state index < -0.39 is 15.4 Å². The summed E-state index contributed by atoms with van der Waals surface area (Å²) in [4.78, 5) is 12.1. The minimum Gasteiger partial charge on any atom is -0.496 e. The van der Waals surface area contributed by atoms with Gasteiger partial charge in [-0.3, -0.25) is 9.52 Å². The minimum absolute atomic E-state index is 0.0892. The summed E-state index contributed by atoms with van der Waals surface area (Å²) in [6, 6.07) is 9.26. The standard InChI is InChI=1S/C19H23BrN2O5S/c1-19(2,3)18(23)21-12-6-9-16(27-5)17(11-12)28(24,25)22-13-7-8-15(26-4)14(20)10-13/h6-11,22H,1-5H3,(H,21,23). The van der Waals surface area contributed by atoms with E-state index in [2.05, 4.69) is 26.0 Å². The highest BCUT2D eigenvalue weighted by Gasteiger charge is 2.24. The molecule has 0 heterocycles. The van der Waals surface area contributed by atoms with Crippen LogP contribution in [-0.2, 0) is 14.8 Å². The maximum Gasteiger partial charge on any atom is 0.265 e. The molecule has 2 aromatic rings. The molecule has 28 heavy (non-hydrogen) atoms. The van der Waals surface area contributed by atoms with Gasteiger partial charge >= 0.3 is 0 Å². The molecule has 2 aromatic carbocycles. The second kappa shape index (κ2) is 8.40. The molecule has 2 N–H and O–H groups in total. The molecular formula is C19H23BrN2O5S. The lowest BCUT2D eigenvalue weighted by Crippen LogP contribution is -2.27. The van der Waals surface area contributed by atoms with Gasteiger partial charge in [0.15, 0.2) is 0 Å². The van der Waals surface area contributed by atoms with Gasteiger partial charge in [0.2, 0.25) is 5.91 Å². The van der Waals surface area contributed by atoms with E-state index in [1.54, 1.807) is 45.0 Å². The van der Waals surface area contributed by atoms with Crippen LogP contribution in [0.15, 0.2) is 45.8 Å². The van der Waals surface area contributed by atoms with E-state index in [0.717, 1.165) is 0 Å². The predicted molar refractivity (Wildman–Crippen MR) is 113 cm³/mol. The molecule has 0 aromatic heterocycles. The van der Waals surface area contributed by atoms with E-state index >= 15 is 0 Å². The molecule has 152 valence electrons. The molecule has 0 bridgehead atoms. The van der Waals surface area contributed by atoms with Crippen LogP contribution >= 0.6 is 15.9 Å². The Morgan fingerprint density at radius 1 is 0.964 bits per heavy atom. The zero-order valence-corrected chi connectivity index (χ0v) is 18.7. The number of rotatable bonds is 6.